The zero-order valence-electron chi connectivity index (χ0n) is 44.9. The zero-order valence-corrected chi connectivity index (χ0v) is 44.9. The Labute approximate surface area is 476 Å². The highest BCUT2D eigenvalue weighted by atomic mass is 15.2. The van der Waals surface area contributed by atoms with Crippen LogP contribution in [0, 0.1) is 5.92 Å². The molecule has 384 valence electrons. The number of fused-ring (bicyclic) bond motifs is 16. The topological polar surface area (TPSA) is 13.1 Å². The molecule has 2 heterocycles. The van der Waals surface area contributed by atoms with Crippen LogP contribution in [0.1, 0.15) is 28.2 Å². The number of benzene rings is 12. The lowest BCUT2D eigenvalue weighted by Crippen LogP contribution is -2.39. The molecule has 0 radical (unpaired) electrons. The van der Waals surface area contributed by atoms with Gasteiger partial charge in [0.1, 0.15) is 0 Å². The fourth-order valence-electron chi connectivity index (χ4n) is 14.9. The van der Waals surface area contributed by atoms with Crippen molar-refractivity contribution in [2.24, 2.45) is 5.92 Å². The van der Waals surface area contributed by atoms with Gasteiger partial charge in [-0.3, -0.25) is 0 Å². The van der Waals surface area contributed by atoms with Crippen LogP contribution in [0.4, 0.5) is 11.4 Å². The molecule has 2 atom stereocenters. The predicted octanol–water partition coefficient (Wildman–Crippen LogP) is 20.2. The van der Waals surface area contributed by atoms with Gasteiger partial charge >= 0.3 is 0 Å². The van der Waals surface area contributed by atoms with Gasteiger partial charge in [-0.05, 0) is 158 Å². The Morgan fingerprint density at radius 1 is 0.329 bits per heavy atom. The monoisotopic (exact) mass is 1040 g/mol. The minimum atomic E-state index is -0.430. The van der Waals surface area contributed by atoms with E-state index in [-0.39, 0.29) is 11.8 Å². The maximum absolute atomic E-state index is 2.58. The van der Waals surface area contributed by atoms with Crippen LogP contribution < -0.4 is 4.90 Å². The summed E-state index contributed by atoms with van der Waals surface area (Å²) in [5.41, 5.74) is 25.5. The number of allylic oxidation sites excluding steroid dienone is 4. The van der Waals surface area contributed by atoms with Crippen molar-refractivity contribution in [1.29, 1.82) is 0 Å². The minimum absolute atomic E-state index is 0.0435. The molecule has 0 saturated carbocycles. The highest BCUT2D eigenvalue weighted by molar-refractivity contribution is 6.16. The van der Waals surface area contributed by atoms with Crippen LogP contribution in [0.5, 0.6) is 0 Å². The first-order chi connectivity index (χ1) is 40.7. The maximum atomic E-state index is 2.58. The Hall–Kier alpha value is -10.5. The van der Waals surface area contributed by atoms with Crippen molar-refractivity contribution < 1.29 is 0 Å². The van der Waals surface area contributed by atoms with E-state index in [4.69, 9.17) is 0 Å². The van der Waals surface area contributed by atoms with Crippen molar-refractivity contribution in [3.8, 4) is 55.9 Å². The van der Waals surface area contributed by atoms with Crippen LogP contribution in [0.2, 0.25) is 0 Å². The molecule has 3 nitrogen and oxygen atoms in total. The molecule has 2 unspecified atom stereocenters. The van der Waals surface area contributed by atoms with Crippen LogP contribution in [-0.4, -0.2) is 9.13 Å². The highest BCUT2D eigenvalue weighted by Gasteiger charge is 2.59. The second kappa shape index (κ2) is 18.3. The fourth-order valence-corrected chi connectivity index (χ4v) is 14.9. The van der Waals surface area contributed by atoms with Gasteiger partial charge in [-0.25, -0.2) is 0 Å². The first-order valence-electron chi connectivity index (χ1n) is 28.7. The molecule has 3 aliphatic carbocycles. The van der Waals surface area contributed by atoms with Gasteiger partial charge < -0.3 is 14.0 Å². The van der Waals surface area contributed by atoms with E-state index in [0.717, 1.165) is 22.7 Å². The fraction of sp³-hybridized carbons (Fsp3) is 0.0380. The molecule has 12 aromatic carbocycles. The molecular weight excluding hydrogens is 991 g/mol. The van der Waals surface area contributed by atoms with Gasteiger partial charge in [-0.2, -0.15) is 0 Å². The van der Waals surface area contributed by atoms with Gasteiger partial charge in [0.15, 0.2) is 0 Å². The summed E-state index contributed by atoms with van der Waals surface area (Å²) in [6.07, 6.45) is 7.21. The zero-order chi connectivity index (χ0) is 53.9. The Morgan fingerprint density at radius 2 is 0.793 bits per heavy atom. The third kappa shape index (κ3) is 6.77. The molecule has 82 heavy (non-hydrogen) atoms. The van der Waals surface area contributed by atoms with E-state index in [1.54, 1.807) is 0 Å². The SMILES string of the molecule is C1=CC2c3ccccc3C3(c4ccccc4-c4ccccc43)C2C(N(c2ccc(-c3ccc4c(c3)c3cc(-c5ccccc5)ccc3n4-c3ccccc3)cc2)c2ccc(-c3cccc4c3c3ccccc3n4-c3ccccc3)cc2)=C1. The van der Waals surface area contributed by atoms with Crippen molar-refractivity contribution in [3.05, 3.63) is 337 Å². The number of hydrogen-bond donors (Lipinski definition) is 0. The van der Waals surface area contributed by atoms with Gasteiger partial charge in [0.05, 0.1) is 27.5 Å². The van der Waals surface area contributed by atoms with Crippen molar-refractivity contribution in [2.45, 2.75) is 11.3 Å². The first kappa shape index (κ1) is 46.4. The van der Waals surface area contributed by atoms with Crippen LogP contribution >= 0.6 is 0 Å². The lowest BCUT2D eigenvalue weighted by atomic mass is 9.64. The third-order valence-corrected chi connectivity index (χ3v) is 18.2. The molecule has 14 aromatic rings. The number of aromatic nitrogens is 2. The number of nitrogens with zero attached hydrogens (tertiary/aromatic N) is 3. The van der Waals surface area contributed by atoms with E-state index in [0.29, 0.717) is 0 Å². The van der Waals surface area contributed by atoms with Crippen molar-refractivity contribution in [3.63, 3.8) is 0 Å². The van der Waals surface area contributed by atoms with Crippen molar-refractivity contribution in [2.75, 3.05) is 4.90 Å². The van der Waals surface area contributed by atoms with Gasteiger partial charge in [-0.1, -0.05) is 218 Å². The maximum Gasteiger partial charge on any atom is 0.0558 e. The number of anilines is 2. The van der Waals surface area contributed by atoms with E-state index < -0.39 is 5.41 Å². The molecule has 0 fully saturated rings. The van der Waals surface area contributed by atoms with Gasteiger partial charge in [0.25, 0.3) is 0 Å². The lowest BCUT2D eigenvalue weighted by molar-refractivity contribution is 0.435. The number of para-hydroxylation sites is 3. The summed E-state index contributed by atoms with van der Waals surface area (Å²) in [5.74, 6) is 0.185. The Bertz CT molecular complexity index is 4860. The Balaban J connectivity index is 0.837. The van der Waals surface area contributed by atoms with E-state index >= 15 is 0 Å². The first-order valence-corrected chi connectivity index (χ1v) is 28.7. The van der Waals surface area contributed by atoms with Crippen molar-refractivity contribution >= 4 is 55.0 Å². The average molecular weight is 1040 g/mol. The molecule has 0 bridgehead atoms. The molecule has 0 aliphatic heterocycles. The smallest absolute Gasteiger partial charge is 0.0558 e. The highest BCUT2D eigenvalue weighted by Crippen LogP contribution is 2.67. The van der Waals surface area contributed by atoms with Gasteiger partial charge in [0.2, 0.25) is 0 Å². The van der Waals surface area contributed by atoms with E-state index in [2.05, 4.69) is 323 Å². The standard InChI is InChI=1S/C79H53N3/c1-4-20-52(21-5-1)55-42-48-73-67(50-55)68-51-56(43-49-74(68)81(73)57-22-6-2-7-23-57)53-38-44-59(45-39-53)80(60-46-40-54(41-47-60)61-30-18-36-75-77(61)66-29-13-17-35-72(66)82(75)58-24-8-3-9-25-58)76-37-19-31-65-64-28-12-16-34-71(64)79(78(65)76)69-32-14-10-26-62(69)63-27-11-15-33-70(63)79/h1-51,65,78H. The van der Waals surface area contributed by atoms with Crippen LogP contribution in [-0.2, 0) is 5.41 Å². The number of hydrogen-bond acceptors (Lipinski definition) is 1. The van der Waals surface area contributed by atoms with E-state index in [1.807, 2.05) is 0 Å². The summed E-state index contributed by atoms with van der Waals surface area (Å²) >= 11 is 0. The van der Waals surface area contributed by atoms with E-state index in [9.17, 15) is 0 Å². The third-order valence-electron chi connectivity index (χ3n) is 18.2. The molecular formula is C79H53N3. The molecule has 2 aromatic heterocycles. The summed E-state index contributed by atoms with van der Waals surface area (Å²) < 4.78 is 4.82. The molecule has 0 amide bonds. The van der Waals surface area contributed by atoms with Gasteiger partial charge in [0, 0.05) is 61.8 Å². The molecule has 0 saturated heterocycles. The molecule has 1 spiro atoms. The molecule has 17 rings (SSSR count). The summed E-state index contributed by atoms with van der Waals surface area (Å²) in [7, 11) is 0. The summed E-state index contributed by atoms with van der Waals surface area (Å²) in [6, 6.07) is 108. The minimum Gasteiger partial charge on any atom is -0.314 e. The Morgan fingerprint density at radius 3 is 1.43 bits per heavy atom. The summed E-state index contributed by atoms with van der Waals surface area (Å²) in [4.78, 5) is 2.58. The molecule has 0 N–H and O–H groups in total. The molecule has 3 aliphatic rings. The summed E-state index contributed by atoms with van der Waals surface area (Å²) in [5, 5.41) is 4.97. The van der Waals surface area contributed by atoms with Crippen LogP contribution in [0.25, 0.3) is 99.5 Å². The normalized spacial score (nSPS) is 15.4. The largest absolute Gasteiger partial charge is 0.314 e. The average Bonchev–Trinajstić information content (AvgIpc) is 3.33. The van der Waals surface area contributed by atoms with Crippen LogP contribution in [0.15, 0.2) is 315 Å². The van der Waals surface area contributed by atoms with E-state index in [1.165, 1.54) is 116 Å². The van der Waals surface area contributed by atoms with Crippen molar-refractivity contribution in [1.82, 2.24) is 9.13 Å². The second-order valence-electron chi connectivity index (χ2n) is 22.3. The molecule has 3 heteroatoms. The van der Waals surface area contributed by atoms with Crippen LogP contribution in [0.3, 0.4) is 0 Å². The number of rotatable bonds is 8. The summed E-state index contributed by atoms with van der Waals surface area (Å²) in [6.45, 7) is 0. The quantitative estimate of drug-likeness (QED) is 0.148. The predicted molar refractivity (Wildman–Crippen MR) is 342 cm³/mol. The van der Waals surface area contributed by atoms with Gasteiger partial charge in [-0.15, -0.1) is 0 Å². The lowest BCUT2D eigenvalue weighted by Gasteiger charge is -2.43. The second-order valence-corrected chi connectivity index (χ2v) is 22.3. The Kier molecular flexibility index (Phi) is 10.4.